The Balaban J connectivity index is 2.87. The van der Waals surface area contributed by atoms with Gasteiger partial charge in [-0.25, -0.2) is 4.79 Å². The number of ether oxygens (including phenoxy) is 1. The molecule has 0 radical (unpaired) electrons. The molecule has 0 aromatic carbocycles. The predicted molar refractivity (Wildman–Crippen MR) is 47.9 cm³/mol. The van der Waals surface area contributed by atoms with Gasteiger partial charge in [0, 0.05) is 16.9 Å². The number of pyridine rings is 1. The summed E-state index contributed by atoms with van der Waals surface area (Å²) in [5.74, 6) is -0.350. The van der Waals surface area contributed by atoms with Crippen molar-refractivity contribution in [2.75, 3.05) is 6.61 Å². The molecule has 0 saturated heterocycles. The molecule has 1 rings (SSSR count). The predicted octanol–water partition coefficient (Wildman–Crippen LogP) is 2.02. The summed E-state index contributed by atoms with van der Waals surface area (Å²) in [6.45, 7) is 2.14. The Kier molecular flexibility index (Phi) is 3.22. The van der Waals surface area contributed by atoms with Crippen LogP contribution in [-0.4, -0.2) is 17.6 Å². The SMILES string of the molecule is CCOC(=O)c1cnccc1Br. The molecule has 1 aromatic rings. The van der Waals surface area contributed by atoms with Gasteiger partial charge in [-0.1, -0.05) is 0 Å². The third-order valence-corrected chi connectivity index (χ3v) is 1.95. The third-order valence-electron chi connectivity index (χ3n) is 1.26. The summed E-state index contributed by atoms with van der Waals surface area (Å²) in [6.07, 6.45) is 3.08. The summed E-state index contributed by atoms with van der Waals surface area (Å²) in [7, 11) is 0. The first kappa shape index (κ1) is 9.19. The fraction of sp³-hybridized carbons (Fsp3) is 0.250. The summed E-state index contributed by atoms with van der Waals surface area (Å²) in [6, 6.07) is 1.70. The van der Waals surface area contributed by atoms with Crippen LogP contribution in [-0.2, 0) is 4.74 Å². The first-order chi connectivity index (χ1) is 5.75. The second-order valence-electron chi connectivity index (χ2n) is 2.08. The highest BCUT2D eigenvalue weighted by atomic mass is 79.9. The maximum absolute atomic E-state index is 11.2. The van der Waals surface area contributed by atoms with Crippen LogP contribution in [0.1, 0.15) is 17.3 Å². The Labute approximate surface area is 78.9 Å². The van der Waals surface area contributed by atoms with Crippen LogP contribution in [0, 0.1) is 0 Å². The zero-order valence-corrected chi connectivity index (χ0v) is 8.17. The number of hydrogen-bond donors (Lipinski definition) is 0. The van der Waals surface area contributed by atoms with Crippen molar-refractivity contribution in [3.8, 4) is 0 Å². The smallest absolute Gasteiger partial charge is 0.340 e. The van der Waals surface area contributed by atoms with E-state index in [1.165, 1.54) is 6.20 Å². The van der Waals surface area contributed by atoms with Gasteiger partial charge in [-0.15, -0.1) is 0 Å². The topological polar surface area (TPSA) is 39.2 Å². The van der Waals surface area contributed by atoms with E-state index >= 15 is 0 Å². The standard InChI is InChI=1S/C8H8BrNO2/c1-2-12-8(11)6-5-10-4-3-7(6)9/h3-5H,2H2,1H3. The summed E-state index contributed by atoms with van der Waals surface area (Å²) in [4.78, 5) is 15.0. The van der Waals surface area contributed by atoms with E-state index in [0.29, 0.717) is 16.6 Å². The Morgan fingerprint density at radius 1 is 1.75 bits per heavy atom. The van der Waals surface area contributed by atoms with Crippen LogP contribution in [0.5, 0.6) is 0 Å². The molecule has 0 N–H and O–H groups in total. The van der Waals surface area contributed by atoms with E-state index in [9.17, 15) is 4.79 Å². The summed E-state index contributed by atoms with van der Waals surface area (Å²) in [5.41, 5.74) is 0.458. The average molecular weight is 230 g/mol. The maximum atomic E-state index is 11.2. The van der Waals surface area contributed by atoms with E-state index in [2.05, 4.69) is 20.9 Å². The molecule has 0 bridgehead atoms. The maximum Gasteiger partial charge on any atom is 0.340 e. The average Bonchev–Trinajstić information content (AvgIpc) is 2.05. The molecule has 12 heavy (non-hydrogen) atoms. The number of halogens is 1. The van der Waals surface area contributed by atoms with Gasteiger partial charge in [0.05, 0.1) is 12.2 Å². The van der Waals surface area contributed by atoms with Crippen molar-refractivity contribution >= 4 is 21.9 Å². The number of aromatic nitrogens is 1. The lowest BCUT2D eigenvalue weighted by atomic mass is 10.3. The molecule has 3 nitrogen and oxygen atoms in total. The highest BCUT2D eigenvalue weighted by Crippen LogP contribution is 2.15. The molecule has 4 heteroatoms. The second kappa shape index (κ2) is 4.21. The first-order valence-corrected chi connectivity index (χ1v) is 4.31. The van der Waals surface area contributed by atoms with Gasteiger partial charge in [0.25, 0.3) is 0 Å². The van der Waals surface area contributed by atoms with Gasteiger partial charge in [-0.3, -0.25) is 4.98 Å². The minimum absolute atomic E-state index is 0.350. The number of carbonyl (C=O) groups is 1. The Hall–Kier alpha value is -0.900. The van der Waals surface area contributed by atoms with Gasteiger partial charge in [-0.2, -0.15) is 0 Å². The quantitative estimate of drug-likeness (QED) is 0.729. The van der Waals surface area contributed by atoms with Crippen LogP contribution in [0.2, 0.25) is 0 Å². The van der Waals surface area contributed by atoms with Crippen molar-refractivity contribution in [3.05, 3.63) is 28.5 Å². The van der Waals surface area contributed by atoms with Crippen molar-refractivity contribution < 1.29 is 9.53 Å². The van der Waals surface area contributed by atoms with Crippen molar-refractivity contribution in [3.63, 3.8) is 0 Å². The van der Waals surface area contributed by atoms with Crippen LogP contribution in [0.4, 0.5) is 0 Å². The third kappa shape index (κ3) is 2.04. The number of nitrogens with zero attached hydrogens (tertiary/aromatic N) is 1. The zero-order chi connectivity index (χ0) is 8.97. The fourth-order valence-corrected chi connectivity index (χ4v) is 1.12. The van der Waals surface area contributed by atoms with E-state index in [1.807, 2.05) is 0 Å². The van der Waals surface area contributed by atoms with Crippen molar-refractivity contribution in [2.45, 2.75) is 6.92 Å². The lowest BCUT2D eigenvalue weighted by molar-refractivity contribution is 0.0525. The van der Waals surface area contributed by atoms with E-state index in [4.69, 9.17) is 4.74 Å². The summed E-state index contributed by atoms with van der Waals surface area (Å²) < 4.78 is 5.50. The normalized spacial score (nSPS) is 9.50. The van der Waals surface area contributed by atoms with E-state index < -0.39 is 0 Å². The monoisotopic (exact) mass is 229 g/mol. The fourth-order valence-electron chi connectivity index (χ4n) is 0.737. The molecule has 0 unspecified atom stereocenters. The van der Waals surface area contributed by atoms with Gasteiger partial charge in [0.2, 0.25) is 0 Å². The Morgan fingerprint density at radius 2 is 2.50 bits per heavy atom. The van der Waals surface area contributed by atoms with Crippen molar-refractivity contribution in [1.82, 2.24) is 4.98 Å². The van der Waals surface area contributed by atoms with Crippen molar-refractivity contribution in [1.29, 1.82) is 0 Å². The van der Waals surface area contributed by atoms with Gasteiger partial charge in [-0.05, 0) is 28.9 Å². The summed E-state index contributed by atoms with van der Waals surface area (Å²) >= 11 is 3.23. The molecule has 0 spiro atoms. The summed E-state index contributed by atoms with van der Waals surface area (Å²) in [5, 5.41) is 0. The second-order valence-corrected chi connectivity index (χ2v) is 2.93. The molecule has 1 heterocycles. The Morgan fingerprint density at radius 3 is 3.08 bits per heavy atom. The van der Waals surface area contributed by atoms with Gasteiger partial charge >= 0.3 is 5.97 Å². The first-order valence-electron chi connectivity index (χ1n) is 3.52. The molecular formula is C8H8BrNO2. The van der Waals surface area contributed by atoms with E-state index in [0.717, 1.165) is 0 Å². The molecule has 0 fully saturated rings. The van der Waals surface area contributed by atoms with E-state index in [-0.39, 0.29) is 5.97 Å². The molecule has 0 aliphatic carbocycles. The van der Waals surface area contributed by atoms with Crippen LogP contribution in [0.15, 0.2) is 22.9 Å². The molecule has 0 atom stereocenters. The van der Waals surface area contributed by atoms with Crippen LogP contribution in [0.25, 0.3) is 0 Å². The highest BCUT2D eigenvalue weighted by molar-refractivity contribution is 9.10. The molecule has 0 saturated carbocycles. The number of esters is 1. The van der Waals surface area contributed by atoms with Gasteiger partial charge in [0.15, 0.2) is 0 Å². The van der Waals surface area contributed by atoms with Crippen LogP contribution >= 0.6 is 15.9 Å². The highest BCUT2D eigenvalue weighted by Gasteiger charge is 2.09. The van der Waals surface area contributed by atoms with Gasteiger partial charge < -0.3 is 4.74 Å². The zero-order valence-electron chi connectivity index (χ0n) is 6.58. The molecule has 1 aromatic heterocycles. The van der Waals surface area contributed by atoms with Gasteiger partial charge in [0.1, 0.15) is 0 Å². The van der Waals surface area contributed by atoms with Crippen molar-refractivity contribution in [2.24, 2.45) is 0 Å². The van der Waals surface area contributed by atoms with Crippen LogP contribution in [0.3, 0.4) is 0 Å². The largest absolute Gasteiger partial charge is 0.462 e. The number of carbonyl (C=O) groups excluding carboxylic acids is 1. The lowest BCUT2D eigenvalue weighted by Crippen LogP contribution is -2.05. The minimum atomic E-state index is -0.350. The number of rotatable bonds is 2. The molecule has 0 amide bonds. The number of hydrogen-bond acceptors (Lipinski definition) is 3. The Bertz CT molecular complexity index is 288. The molecule has 64 valence electrons. The molecular weight excluding hydrogens is 222 g/mol. The lowest BCUT2D eigenvalue weighted by Gasteiger charge is -2.01. The minimum Gasteiger partial charge on any atom is -0.462 e. The van der Waals surface area contributed by atoms with E-state index in [1.54, 1.807) is 19.2 Å². The molecule has 0 aliphatic rings. The molecule has 0 aliphatic heterocycles. The van der Waals surface area contributed by atoms with Crippen LogP contribution < -0.4 is 0 Å².